The molecule has 0 aliphatic carbocycles. The molecule has 0 spiro atoms. The van der Waals surface area contributed by atoms with Crippen LogP contribution in [0.4, 0.5) is 0 Å². The molecule has 7 nitrogen and oxygen atoms in total. The Hall–Kier alpha value is -2.44. The largest absolute Gasteiger partial charge is 0.506 e. The SMILES string of the molecule is CC1(C)C(=O)NC(=O)CN1C(=O)c1cncc(O)c1. The summed E-state index contributed by atoms with van der Waals surface area (Å²) < 4.78 is 0. The zero-order valence-corrected chi connectivity index (χ0v) is 10.5. The minimum absolute atomic E-state index is 0.121. The topological polar surface area (TPSA) is 99.6 Å². The van der Waals surface area contributed by atoms with Crippen molar-refractivity contribution in [3.63, 3.8) is 0 Å². The molecule has 2 N–H and O–H groups in total. The lowest BCUT2D eigenvalue weighted by Crippen LogP contribution is -2.65. The number of aromatic nitrogens is 1. The van der Waals surface area contributed by atoms with Crippen LogP contribution in [0.2, 0.25) is 0 Å². The molecular formula is C12H13N3O4. The predicted octanol–water partition coefficient (Wildman–Crippen LogP) is -0.336. The summed E-state index contributed by atoms with van der Waals surface area (Å²) in [6.07, 6.45) is 2.46. The molecule has 2 rings (SSSR count). The van der Waals surface area contributed by atoms with E-state index in [1.165, 1.54) is 18.5 Å². The first-order chi connectivity index (χ1) is 8.82. The molecule has 1 aromatic heterocycles. The number of amides is 3. The van der Waals surface area contributed by atoms with Crippen LogP contribution in [0.5, 0.6) is 5.75 Å². The average Bonchev–Trinajstić information content (AvgIpc) is 2.33. The van der Waals surface area contributed by atoms with Gasteiger partial charge in [-0.2, -0.15) is 0 Å². The molecule has 1 aromatic rings. The average molecular weight is 263 g/mol. The molecule has 0 atom stereocenters. The first kappa shape index (κ1) is 13.0. The third-order valence-electron chi connectivity index (χ3n) is 3.00. The fourth-order valence-electron chi connectivity index (χ4n) is 1.81. The Kier molecular flexibility index (Phi) is 2.97. The Morgan fingerprint density at radius 1 is 1.42 bits per heavy atom. The second-order valence-corrected chi connectivity index (χ2v) is 4.76. The first-order valence-corrected chi connectivity index (χ1v) is 5.62. The smallest absolute Gasteiger partial charge is 0.256 e. The molecule has 0 aromatic carbocycles. The maximum atomic E-state index is 12.3. The monoisotopic (exact) mass is 263 g/mol. The number of hydrogen-bond acceptors (Lipinski definition) is 5. The highest BCUT2D eigenvalue weighted by molar-refractivity contribution is 6.08. The molecule has 0 unspecified atom stereocenters. The van der Waals surface area contributed by atoms with Crippen molar-refractivity contribution in [1.82, 2.24) is 15.2 Å². The van der Waals surface area contributed by atoms with Gasteiger partial charge in [0.15, 0.2) is 0 Å². The van der Waals surface area contributed by atoms with E-state index >= 15 is 0 Å². The van der Waals surface area contributed by atoms with Crippen LogP contribution in [0.3, 0.4) is 0 Å². The van der Waals surface area contributed by atoms with E-state index in [9.17, 15) is 19.5 Å². The van der Waals surface area contributed by atoms with Gasteiger partial charge in [-0.3, -0.25) is 24.7 Å². The lowest BCUT2D eigenvalue weighted by molar-refractivity contribution is -0.143. The molecule has 0 saturated carbocycles. The number of piperazine rings is 1. The van der Waals surface area contributed by atoms with Crippen LogP contribution in [-0.4, -0.2) is 44.8 Å². The summed E-state index contributed by atoms with van der Waals surface area (Å²) in [5.41, 5.74) is -1.02. The Bertz CT molecular complexity index is 568. The van der Waals surface area contributed by atoms with Crippen LogP contribution in [-0.2, 0) is 9.59 Å². The highest BCUT2D eigenvalue weighted by Gasteiger charge is 2.43. The van der Waals surface area contributed by atoms with Gasteiger partial charge >= 0.3 is 0 Å². The van der Waals surface area contributed by atoms with Crippen molar-refractivity contribution >= 4 is 17.7 Å². The Balaban J connectivity index is 2.36. The molecule has 1 fully saturated rings. The van der Waals surface area contributed by atoms with E-state index in [-0.39, 0.29) is 17.9 Å². The molecule has 1 aliphatic rings. The first-order valence-electron chi connectivity index (χ1n) is 5.62. The highest BCUT2D eigenvalue weighted by Crippen LogP contribution is 2.21. The number of aromatic hydroxyl groups is 1. The van der Waals surface area contributed by atoms with Gasteiger partial charge in [0.1, 0.15) is 17.8 Å². The Labute approximate surface area is 109 Å². The fourth-order valence-corrected chi connectivity index (χ4v) is 1.81. The third-order valence-corrected chi connectivity index (χ3v) is 3.00. The van der Waals surface area contributed by atoms with Gasteiger partial charge in [-0.05, 0) is 19.9 Å². The second-order valence-electron chi connectivity index (χ2n) is 4.76. The Morgan fingerprint density at radius 3 is 2.74 bits per heavy atom. The number of carbonyl (C=O) groups excluding carboxylic acids is 3. The standard InChI is InChI=1S/C12H13N3O4/c1-12(2)11(19)14-9(17)6-15(12)10(18)7-3-8(16)5-13-4-7/h3-5,16H,6H2,1-2H3,(H,14,17,19). The molecule has 2 heterocycles. The van der Waals surface area contributed by atoms with Gasteiger partial charge in [0.2, 0.25) is 5.91 Å². The summed E-state index contributed by atoms with van der Waals surface area (Å²) in [4.78, 5) is 40.3. The molecule has 0 bridgehead atoms. The van der Waals surface area contributed by atoms with Crippen molar-refractivity contribution in [1.29, 1.82) is 0 Å². The van der Waals surface area contributed by atoms with E-state index in [1.807, 2.05) is 0 Å². The van der Waals surface area contributed by atoms with Gasteiger partial charge in [-0.15, -0.1) is 0 Å². The van der Waals surface area contributed by atoms with E-state index in [0.717, 1.165) is 4.90 Å². The number of nitrogens with one attached hydrogen (secondary N) is 1. The Morgan fingerprint density at radius 2 is 2.11 bits per heavy atom. The lowest BCUT2D eigenvalue weighted by atomic mass is 9.97. The van der Waals surface area contributed by atoms with Crippen molar-refractivity contribution in [2.24, 2.45) is 0 Å². The number of nitrogens with zero attached hydrogens (tertiary/aromatic N) is 2. The van der Waals surface area contributed by atoms with E-state index in [2.05, 4.69) is 10.3 Å². The molecule has 1 aliphatic heterocycles. The summed E-state index contributed by atoms with van der Waals surface area (Å²) in [5.74, 6) is -1.76. The molecule has 1 saturated heterocycles. The number of imide groups is 1. The second kappa shape index (κ2) is 4.34. The van der Waals surface area contributed by atoms with Gasteiger partial charge in [-0.25, -0.2) is 0 Å². The molecule has 7 heteroatoms. The minimum atomic E-state index is -1.14. The number of hydrogen-bond donors (Lipinski definition) is 2. The molecular weight excluding hydrogens is 250 g/mol. The summed E-state index contributed by atoms with van der Waals surface area (Å²) >= 11 is 0. The maximum absolute atomic E-state index is 12.3. The van der Waals surface area contributed by atoms with Crippen molar-refractivity contribution in [3.05, 3.63) is 24.0 Å². The molecule has 0 radical (unpaired) electrons. The zero-order valence-electron chi connectivity index (χ0n) is 10.5. The number of rotatable bonds is 1. The quantitative estimate of drug-likeness (QED) is 0.675. The summed E-state index contributed by atoms with van der Waals surface area (Å²) in [5, 5.41) is 11.5. The van der Waals surface area contributed by atoms with Crippen LogP contribution in [0.1, 0.15) is 24.2 Å². The van der Waals surface area contributed by atoms with Gasteiger partial charge in [-0.1, -0.05) is 0 Å². The van der Waals surface area contributed by atoms with Crippen molar-refractivity contribution in [3.8, 4) is 5.75 Å². The fraction of sp³-hybridized carbons (Fsp3) is 0.333. The number of pyridine rings is 1. The van der Waals surface area contributed by atoms with E-state index < -0.39 is 23.3 Å². The molecule has 3 amide bonds. The molecule has 19 heavy (non-hydrogen) atoms. The maximum Gasteiger partial charge on any atom is 0.256 e. The summed E-state index contributed by atoms with van der Waals surface area (Å²) in [7, 11) is 0. The highest BCUT2D eigenvalue weighted by atomic mass is 16.3. The summed E-state index contributed by atoms with van der Waals surface area (Å²) in [6, 6.07) is 1.24. The van der Waals surface area contributed by atoms with Crippen molar-refractivity contribution < 1.29 is 19.5 Å². The van der Waals surface area contributed by atoms with Crippen LogP contribution in [0.25, 0.3) is 0 Å². The minimum Gasteiger partial charge on any atom is -0.506 e. The molecule has 100 valence electrons. The van der Waals surface area contributed by atoms with E-state index in [1.54, 1.807) is 13.8 Å². The van der Waals surface area contributed by atoms with Gasteiger partial charge in [0.25, 0.3) is 11.8 Å². The zero-order chi connectivity index (χ0) is 14.2. The van der Waals surface area contributed by atoms with Crippen molar-refractivity contribution in [2.75, 3.05) is 6.54 Å². The van der Waals surface area contributed by atoms with Gasteiger partial charge in [0, 0.05) is 6.20 Å². The predicted molar refractivity (Wildman–Crippen MR) is 64.2 cm³/mol. The van der Waals surface area contributed by atoms with E-state index in [0.29, 0.717) is 0 Å². The lowest BCUT2D eigenvalue weighted by Gasteiger charge is -2.40. The van der Waals surface area contributed by atoms with Crippen LogP contribution in [0.15, 0.2) is 18.5 Å². The number of carbonyl (C=O) groups is 3. The van der Waals surface area contributed by atoms with Crippen LogP contribution in [0, 0.1) is 0 Å². The van der Waals surface area contributed by atoms with Gasteiger partial charge < -0.3 is 10.0 Å². The van der Waals surface area contributed by atoms with Crippen LogP contribution >= 0.6 is 0 Å². The third kappa shape index (κ3) is 2.26. The van der Waals surface area contributed by atoms with Crippen molar-refractivity contribution in [2.45, 2.75) is 19.4 Å². The normalized spacial score (nSPS) is 18.1. The van der Waals surface area contributed by atoms with Gasteiger partial charge in [0.05, 0.1) is 11.8 Å². The summed E-state index contributed by atoms with van der Waals surface area (Å²) in [6.45, 7) is 2.87. The van der Waals surface area contributed by atoms with Crippen LogP contribution < -0.4 is 5.32 Å². The van der Waals surface area contributed by atoms with E-state index in [4.69, 9.17) is 0 Å².